The topological polar surface area (TPSA) is 62.5 Å². The number of oxazole rings is 1. The van der Waals surface area contributed by atoms with E-state index < -0.39 is 0 Å². The van der Waals surface area contributed by atoms with Crippen molar-refractivity contribution >= 4 is 41.3 Å². The van der Waals surface area contributed by atoms with Gasteiger partial charge in [-0.25, -0.2) is 4.98 Å². The fraction of sp³-hybridized carbons (Fsp3) is 0.300. The molecule has 1 unspecified atom stereocenters. The van der Waals surface area contributed by atoms with Gasteiger partial charge in [0.25, 0.3) is 0 Å². The minimum Gasteiger partial charge on any atom is -0.444 e. The van der Waals surface area contributed by atoms with Crippen LogP contribution in [0.25, 0.3) is 11.5 Å². The minimum absolute atomic E-state index is 0. The number of halogens is 1. The Kier molecular flexibility index (Phi) is 8.80. The van der Waals surface area contributed by atoms with E-state index in [-0.39, 0.29) is 24.0 Å². The molecule has 0 saturated heterocycles. The summed E-state index contributed by atoms with van der Waals surface area (Å²) in [7, 11) is 1.78. The highest BCUT2D eigenvalue weighted by Gasteiger charge is 2.08. The first-order chi connectivity index (χ1) is 12.7. The zero-order chi connectivity index (χ0) is 18.2. The van der Waals surface area contributed by atoms with E-state index in [0.717, 1.165) is 30.2 Å². The number of aromatic nitrogens is 1. The Morgan fingerprint density at radius 3 is 2.70 bits per heavy atom. The van der Waals surface area contributed by atoms with E-state index >= 15 is 0 Å². The number of guanidine groups is 1. The van der Waals surface area contributed by atoms with E-state index in [1.807, 2.05) is 30.3 Å². The lowest BCUT2D eigenvalue weighted by Gasteiger charge is -2.15. The van der Waals surface area contributed by atoms with E-state index in [4.69, 9.17) is 4.42 Å². The van der Waals surface area contributed by atoms with Crippen LogP contribution in [-0.4, -0.2) is 24.5 Å². The van der Waals surface area contributed by atoms with Crippen LogP contribution in [0.5, 0.6) is 0 Å². The number of nitrogens with zero attached hydrogens (tertiary/aromatic N) is 2. The fourth-order valence-corrected chi connectivity index (χ4v) is 3.48. The van der Waals surface area contributed by atoms with Crippen molar-refractivity contribution in [3.8, 4) is 11.5 Å². The number of aliphatic imine (C=N–C) groups is 1. The lowest BCUT2D eigenvalue weighted by atomic mass is 10.1. The average Bonchev–Trinajstić information content (AvgIpc) is 3.34. The van der Waals surface area contributed by atoms with Crippen molar-refractivity contribution in [1.82, 2.24) is 15.6 Å². The van der Waals surface area contributed by atoms with Crippen molar-refractivity contribution < 1.29 is 4.42 Å². The van der Waals surface area contributed by atoms with Crippen molar-refractivity contribution in [1.29, 1.82) is 0 Å². The molecule has 0 aliphatic carbocycles. The predicted octanol–water partition coefficient (Wildman–Crippen LogP) is 4.56. The maximum Gasteiger partial charge on any atom is 0.226 e. The Hall–Kier alpha value is -1.87. The molecule has 0 bridgehead atoms. The van der Waals surface area contributed by atoms with Crippen molar-refractivity contribution in [3.05, 3.63) is 64.7 Å². The van der Waals surface area contributed by atoms with E-state index in [2.05, 4.69) is 45.0 Å². The summed E-state index contributed by atoms with van der Waals surface area (Å²) in [5, 5.41) is 8.78. The van der Waals surface area contributed by atoms with Crippen LogP contribution >= 0.6 is 35.3 Å². The summed E-state index contributed by atoms with van der Waals surface area (Å²) in [5.74, 6) is 1.94. The number of rotatable bonds is 7. The summed E-state index contributed by atoms with van der Waals surface area (Å²) in [6, 6.07) is 14.2. The van der Waals surface area contributed by atoms with E-state index in [9.17, 15) is 0 Å². The molecule has 0 spiro atoms. The molecule has 0 radical (unpaired) electrons. The molecule has 0 amide bonds. The third-order valence-corrected chi connectivity index (χ3v) is 4.88. The maximum atomic E-state index is 5.56. The quantitative estimate of drug-likeness (QED) is 0.286. The molecule has 5 nitrogen and oxygen atoms in total. The molecular formula is C20H25IN4OS. The third-order valence-electron chi connectivity index (χ3n) is 3.98. The highest BCUT2D eigenvalue weighted by molar-refractivity contribution is 14.0. The van der Waals surface area contributed by atoms with Crippen LogP contribution in [0, 0.1) is 5.92 Å². The zero-order valence-electron chi connectivity index (χ0n) is 15.5. The second kappa shape index (κ2) is 11.1. The van der Waals surface area contributed by atoms with E-state index in [0.29, 0.717) is 18.4 Å². The Morgan fingerprint density at radius 2 is 2.00 bits per heavy atom. The van der Waals surface area contributed by atoms with Crippen LogP contribution in [0.15, 0.2) is 63.5 Å². The van der Waals surface area contributed by atoms with Gasteiger partial charge < -0.3 is 15.1 Å². The molecule has 1 atom stereocenters. The fourth-order valence-electron chi connectivity index (χ4n) is 2.61. The van der Waals surface area contributed by atoms with Gasteiger partial charge >= 0.3 is 0 Å². The third kappa shape index (κ3) is 6.66. The van der Waals surface area contributed by atoms with Crippen LogP contribution in [0.1, 0.15) is 17.5 Å². The van der Waals surface area contributed by atoms with Gasteiger partial charge in [0.05, 0.1) is 12.2 Å². The van der Waals surface area contributed by atoms with Crippen molar-refractivity contribution in [2.75, 3.05) is 13.6 Å². The van der Waals surface area contributed by atoms with Gasteiger partial charge in [-0.2, -0.15) is 0 Å². The number of nitrogens with one attached hydrogen (secondary N) is 2. The average molecular weight is 496 g/mol. The predicted molar refractivity (Wildman–Crippen MR) is 123 cm³/mol. The van der Waals surface area contributed by atoms with Gasteiger partial charge in [0.15, 0.2) is 5.96 Å². The van der Waals surface area contributed by atoms with Gasteiger partial charge in [-0.05, 0) is 35.9 Å². The first-order valence-electron chi connectivity index (χ1n) is 8.71. The minimum atomic E-state index is 0. The molecular weight excluding hydrogens is 471 g/mol. The Bertz CT molecular complexity index is 818. The molecule has 2 N–H and O–H groups in total. The summed E-state index contributed by atoms with van der Waals surface area (Å²) in [5.41, 5.74) is 1.82. The SMILES string of the molecule is CN=C(NCc1coc(-c2ccccc2)n1)NCC(C)Cc1cccs1.I. The zero-order valence-corrected chi connectivity index (χ0v) is 18.7. The molecule has 2 heterocycles. The maximum absolute atomic E-state index is 5.56. The molecule has 2 aromatic heterocycles. The summed E-state index contributed by atoms with van der Waals surface area (Å²) in [6.07, 6.45) is 2.76. The van der Waals surface area contributed by atoms with Crippen LogP contribution in [-0.2, 0) is 13.0 Å². The second-order valence-electron chi connectivity index (χ2n) is 6.21. The Morgan fingerprint density at radius 1 is 1.19 bits per heavy atom. The van der Waals surface area contributed by atoms with Gasteiger partial charge in [-0.15, -0.1) is 35.3 Å². The van der Waals surface area contributed by atoms with E-state index in [1.165, 1.54) is 4.88 Å². The lowest BCUT2D eigenvalue weighted by molar-refractivity contribution is 0.560. The molecule has 144 valence electrons. The van der Waals surface area contributed by atoms with Gasteiger partial charge in [-0.1, -0.05) is 31.2 Å². The van der Waals surface area contributed by atoms with Crippen molar-refractivity contribution in [2.24, 2.45) is 10.9 Å². The highest BCUT2D eigenvalue weighted by atomic mass is 127. The Balaban J connectivity index is 0.00000261. The molecule has 1 aromatic carbocycles. The molecule has 0 aliphatic rings. The van der Waals surface area contributed by atoms with Crippen molar-refractivity contribution in [2.45, 2.75) is 19.9 Å². The van der Waals surface area contributed by atoms with E-state index in [1.54, 1.807) is 24.6 Å². The van der Waals surface area contributed by atoms with Gasteiger partial charge in [0, 0.05) is 24.0 Å². The normalized spacial score (nSPS) is 12.3. The number of hydrogen-bond acceptors (Lipinski definition) is 4. The molecule has 7 heteroatoms. The van der Waals surface area contributed by atoms with Crippen LogP contribution in [0.4, 0.5) is 0 Å². The molecule has 0 fully saturated rings. The van der Waals surface area contributed by atoms with Gasteiger partial charge in [-0.3, -0.25) is 4.99 Å². The first kappa shape index (κ1) is 21.4. The summed E-state index contributed by atoms with van der Waals surface area (Å²) in [6.45, 7) is 3.67. The molecule has 27 heavy (non-hydrogen) atoms. The van der Waals surface area contributed by atoms with Crippen LogP contribution in [0.2, 0.25) is 0 Å². The molecule has 0 aliphatic heterocycles. The largest absolute Gasteiger partial charge is 0.444 e. The lowest BCUT2D eigenvalue weighted by Crippen LogP contribution is -2.39. The number of thiophene rings is 1. The van der Waals surface area contributed by atoms with Gasteiger partial charge in [0.2, 0.25) is 5.89 Å². The molecule has 3 aromatic rings. The summed E-state index contributed by atoms with van der Waals surface area (Å²) in [4.78, 5) is 10.2. The van der Waals surface area contributed by atoms with Crippen molar-refractivity contribution in [3.63, 3.8) is 0 Å². The monoisotopic (exact) mass is 496 g/mol. The molecule has 0 saturated carbocycles. The van der Waals surface area contributed by atoms with Crippen LogP contribution in [0.3, 0.4) is 0 Å². The number of hydrogen-bond donors (Lipinski definition) is 2. The first-order valence-corrected chi connectivity index (χ1v) is 9.59. The standard InChI is InChI=1S/C20H24N4OS.HI/c1-15(11-18-9-6-10-26-18)12-22-20(21-2)23-13-17-14-25-19(24-17)16-7-4-3-5-8-16;/h3-10,14-15H,11-13H2,1-2H3,(H2,21,22,23);1H. The van der Waals surface area contributed by atoms with Crippen LogP contribution < -0.4 is 10.6 Å². The smallest absolute Gasteiger partial charge is 0.226 e. The highest BCUT2D eigenvalue weighted by Crippen LogP contribution is 2.17. The summed E-state index contributed by atoms with van der Waals surface area (Å²) >= 11 is 1.81. The summed E-state index contributed by atoms with van der Waals surface area (Å²) < 4.78 is 5.56. The van der Waals surface area contributed by atoms with Gasteiger partial charge in [0.1, 0.15) is 6.26 Å². The Labute approximate surface area is 181 Å². The second-order valence-corrected chi connectivity index (χ2v) is 7.24. The number of benzene rings is 1. The molecule has 3 rings (SSSR count).